The molecule has 4 nitrogen and oxygen atoms in total. The van der Waals surface area contributed by atoms with Gasteiger partial charge in [-0.3, -0.25) is 0 Å². The van der Waals surface area contributed by atoms with Crippen molar-refractivity contribution in [1.82, 2.24) is 4.98 Å². The number of furan rings is 1. The van der Waals surface area contributed by atoms with E-state index in [-0.39, 0.29) is 0 Å². The van der Waals surface area contributed by atoms with Crippen molar-refractivity contribution >= 4 is 6.29 Å². The summed E-state index contributed by atoms with van der Waals surface area (Å²) in [4.78, 5) is 14.4. The van der Waals surface area contributed by atoms with Gasteiger partial charge in [-0.1, -0.05) is 0 Å². The first kappa shape index (κ1) is 11.4. The number of rotatable bonds is 5. The molecule has 2 heterocycles. The topological polar surface area (TPSA) is 52.3 Å². The van der Waals surface area contributed by atoms with Gasteiger partial charge < -0.3 is 13.9 Å². The summed E-state index contributed by atoms with van der Waals surface area (Å²) in [6.07, 6.45) is 3.69. The predicted molar refractivity (Wildman–Crippen MR) is 62.9 cm³/mol. The van der Waals surface area contributed by atoms with Crippen molar-refractivity contribution in [1.29, 1.82) is 0 Å². The number of aldehydes is 1. The normalized spacial score (nSPS) is 10.2. The zero-order valence-corrected chi connectivity index (χ0v) is 9.55. The van der Waals surface area contributed by atoms with E-state index in [1.54, 1.807) is 19.4 Å². The Labute approximate surface area is 99.2 Å². The van der Waals surface area contributed by atoms with E-state index < -0.39 is 0 Å². The van der Waals surface area contributed by atoms with E-state index in [0.29, 0.717) is 18.7 Å². The van der Waals surface area contributed by atoms with Gasteiger partial charge in [0.1, 0.15) is 17.8 Å². The maximum atomic E-state index is 10.3. The Balaban J connectivity index is 2.15. The van der Waals surface area contributed by atoms with Gasteiger partial charge in [0.05, 0.1) is 7.11 Å². The molecule has 0 radical (unpaired) electrons. The van der Waals surface area contributed by atoms with Gasteiger partial charge in [0.15, 0.2) is 0 Å². The highest BCUT2D eigenvalue weighted by Crippen LogP contribution is 2.23. The molecule has 88 valence electrons. The van der Waals surface area contributed by atoms with Crippen molar-refractivity contribution in [3.8, 4) is 17.2 Å². The molecule has 2 rings (SSSR count). The number of ether oxygens (including phenoxy) is 1. The van der Waals surface area contributed by atoms with E-state index in [1.165, 1.54) is 0 Å². The predicted octanol–water partition coefficient (Wildman–Crippen LogP) is 2.48. The van der Waals surface area contributed by atoms with Crippen LogP contribution in [0, 0.1) is 0 Å². The van der Waals surface area contributed by atoms with Crippen molar-refractivity contribution in [2.45, 2.75) is 12.8 Å². The van der Waals surface area contributed by atoms with Gasteiger partial charge in [-0.2, -0.15) is 0 Å². The van der Waals surface area contributed by atoms with Crippen molar-refractivity contribution < 1.29 is 13.9 Å². The van der Waals surface area contributed by atoms with E-state index >= 15 is 0 Å². The first-order valence-corrected chi connectivity index (χ1v) is 5.36. The van der Waals surface area contributed by atoms with Crippen molar-refractivity contribution in [2.24, 2.45) is 0 Å². The van der Waals surface area contributed by atoms with E-state index in [4.69, 9.17) is 9.15 Å². The van der Waals surface area contributed by atoms with E-state index in [0.717, 1.165) is 23.4 Å². The summed E-state index contributed by atoms with van der Waals surface area (Å²) in [6, 6.07) is 7.42. The molecule has 2 aromatic rings. The van der Waals surface area contributed by atoms with Crippen LogP contribution in [-0.4, -0.2) is 18.4 Å². The minimum atomic E-state index is 0.480. The van der Waals surface area contributed by atoms with Crippen LogP contribution in [0.1, 0.15) is 12.2 Å². The van der Waals surface area contributed by atoms with Crippen LogP contribution in [0.15, 0.2) is 34.9 Å². The summed E-state index contributed by atoms with van der Waals surface area (Å²) >= 11 is 0. The number of hydrogen-bond acceptors (Lipinski definition) is 4. The Morgan fingerprint density at radius 3 is 2.88 bits per heavy atom. The molecule has 4 heteroatoms. The highest BCUT2D eigenvalue weighted by atomic mass is 16.5. The molecule has 0 bridgehead atoms. The third kappa shape index (κ3) is 2.72. The second-order valence-corrected chi connectivity index (χ2v) is 3.56. The second kappa shape index (κ2) is 5.30. The van der Waals surface area contributed by atoms with E-state index in [1.807, 2.05) is 18.2 Å². The molecule has 0 spiro atoms. The molecule has 0 aromatic carbocycles. The van der Waals surface area contributed by atoms with Crippen LogP contribution in [0.2, 0.25) is 0 Å². The van der Waals surface area contributed by atoms with E-state index in [9.17, 15) is 4.79 Å². The third-order valence-corrected chi connectivity index (χ3v) is 2.40. The number of methoxy groups -OCH3 is 1. The van der Waals surface area contributed by atoms with E-state index in [2.05, 4.69) is 4.98 Å². The fraction of sp³-hybridized carbons (Fsp3) is 0.231. The van der Waals surface area contributed by atoms with Crippen molar-refractivity contribution in [3.63, 3.8) is 0 Å². The molecule has 0 unspecified atom stereocenters. The molecule has 0 saturated heterocycles. The van der Waals surface area contributed by atoms with Crippen LogP contribution in [0.3, 0.4) is 0 Å². The summed E-state index contributed by atoms with van der Waals surface area (Å²) in [7, 11) is 1.58. The van der Waals surface area contributed by atoms with Crippen LogP contribution in [0.4, 0.5) is 0 Å². The number of nitrogens with zero attached hydrogens (tertiary/aromatic N) is 1. The molecular weight excluding hydrogens is 218 g/mol. The van der Waals surface area contributed by atoms with Crippen LogP contribution in [0.5, 0.6) is 5.88 Å². The van der Waals surface area contributed by atoms with Crippen molar-refractivity contribution in [2.75, 3.05) is 7.11 Å². The molecule has 0 atom stereocenters. The van der Waals surface area contributed by atoms with Crippen LogP contribution in [-0.2, 0) is 11.2 Å². The lowest BCUT2D eigenvalue weighted by molar-refractivity contribution is -0.107. The first-order valence-electron chi connectivity index (χ1n) is 5.36. The molecule has 0 aliphatic rings. The molecule has 0 fully saturated rings. The lowest BCUT2D eigenvalue weighted by Gasteiger charge is -1.99. The zero-order chi connectivity index (χ0) is 12.1. The average molecular weight is 231 g/mol. The van der Waals surface area contributed by atoms with Gasteiger partial charge in [0, 0.05) is 30.7 Å². The fourth-order valence-corrected chi connectivity index (χ4v) is 1.52. The summed E-state index contributed by atoms with van der Waals surface area (Å²) in [5.74, 6) is 2.13. The Bertz CT molecular complexity index is 488. The molecule has 0 saturated carbocycles. The van der Waals surface area contributed by atoms with Gasteiger partial charge in [0.2, 0.25) is 5.88 Å². The number of carbonyl (C=O) groups excluding carboxylic acids is 1. The molecule has 0 N–H and O–H groups in total. The summed E-state index contributed by atoms with van der Waals surface area (Å²) in [6.45, 7) is 0. The number of pyridine rings is 1. The maximum absolute atomic E-state index is 10.3. The molecule has 2 aromatic heterocycles. The van der Waals surface area contributed by atoms with Gasteiger partial charge in [-0.25, -0.2) is 4.98 Å². The van der Waals surface area contributed by atoms with Gasteiger partial charge in [-0.05, 0) is 18.2 Å². The molecule has 0 aliphatic heterocycles. The Kier molecular flexibility index (Phi) is 3.55. The number of carbonyl (C=O) groups is 1. The minimum absolute atomic E-state index is 0.480. The van der Waals surface area contributed by atoms with Crippen molar-refractivity contribution in [3.05, 3.63) is 36.2 Å². The first-order chi connectivity index (χ1) is 8.33. The summed E-state index contributed by atoms with van der Waals surface area (Å²) in [5, 5.41) is 0. The Hall–Kier alpha value is -2.10. The van der Waals surface area contributed by atoms with Gasteiger partial charge in [0.25, 0.3) is 0 Å². The number of aromatic nitrogens is 1. The third-order valence-electron chi connectivity index (χ3n) is 2.40. The quantitative estimate of drug-likeness (QED) is 0.742. The van der Waals surface area contributed by atoms with Crippen LogP contribution >= 0.6 is 0 Å². The highest BCUT2D eigenvalue weighted by molar-refractivity contribution is 5.57. The molecular formula is C13H13NO3. The zero-order valence-electron chi connectivity index (χ0n) is 9.55. The Morgan fingerprint density at radius 1 is 1.35 bits per heavy atom. The average Bonchev–Trinajstić information content (AvgIpc) is 2.85. The van der Waals surface area contributed by atoms with Crippen LogP contribution < -0.4 is 4.74 Å². The summed E-state index contributed by atoms with van der Waals surface area (Å²) < 4.78 is 10.6. The lowest BCUT2D eigenvalue weighted by Crippen LogP contribution is -1.86. The standard InChI is InChI=1S/C13H13NO3/c1-16-13-7-4-10(9-14-13)12-6-5-11(17-12)3-2-8-15/h4-9H,2-3H2,1H3. The largest absolute Gasteiger partial charge is 0.481 e. The SMILES string of the molecule is COc1ccc(-c2ccc(CCC=O)o2)cn1. The molecule has 0 amide bonds. The fourth-order valence-electron chi connectivity index (χ4n) is 1.52. The number of aryl methyl sites for hydroxylation is 1. The lowest BCUT2D eigenvalue weighted by atomic mass is 10.2. The van der Waals surface area contributed by atoms with Gasteiger partial charge >= 0.3 is 0 Å². The Morgan fingerprint density at radius 2 is 2.24 bits per heavy atom. The second-order valence-electron chi connectivity index (χ2n) is 3.56. The smallest absolute Gasteiger partial charge is 0.212 e. The maximum Gasteiger partial charge on any atom is 0.212 e. The number of hydrogen-bond donors (Lipinski definition) is 0. The highest BCUT2D eigenvalue weighted by Gasteiger charge is 2.05. The molecule has 0 aliphatic carbocycles. The van der Waals surface area contributed by atoms with Crippen LogP contribution in [0.25, 0.3) is 11.3 Å². The van der Waals surface area contributed by atoms with Gasteiger partial charge in [-0.15, -0.1) is 0 Å². The summed E-state index contributed by atoms with van der Waals surface area (Å²) in [5.41, 5.74) is 0.892. The molecule has 17 heavy (non-hydrogen) atoms. The monoisotopic (exact) mass is 231 g/mol. The minimum Gasteiger partial charge on any atom is -0.481 e.